The molecule has 5 aromatic rings. The molecule has 3 nitrogen and oxygen atoms in total. The second-order valence-electron chi connectivity index (χ2n) is 10.9. The standard InChI is InChI=1S/C36H32N2O/c1-35(2)23-22-28(34(35)39)24-27-14-12-13-21-32(27)33-25-38(26-37-33)36(29-15-6-3-7-16-29,30-17-8-4-9-18-30)31-19-10-5-11-20-31/h3-21,24-26H,22-23H2,1-2H3/b28-24+. The molecule has 0 amide bonds. The maximum Gasteiger partial charge on any atom is 0.164 e. The molecule has 0 N–H and O–H groups in total. The van der Waals surface area contributed by atoms with E-state index < -0.39 is 5.54 Å². The maximum absolute atomic E-state index is 13.0. The van der Waals surface area contributed by atoms with Crippen LogP contribution in [0.4, 0.5) is 0 Å². The Morgan fingerprint density at radius 2 is 1.26 bits per heavy atom. The van der Waals surface area contributed by atoms with Gasteiger partial charge in [-0.2, -0.15) is 0 Å². The molecule has 0 aliphatic heterocycles. The van der Waals surface area contributed by atoms with Gasteiger partial charge >= 0.3 is 0 Å². The van der Waals surface area contributed by atoms with E-state index in [2.05, 4.69) is 120 Å². The zero-order chi connectivity index (χ0) is 26.9. The van der Waals surface area contributed by atoms with E-state index in [1.165, 1.54) is 0 Å². The summed E-state index contributed by atoms with van der Waals surface area (Å²) in [5.41, 5.74) is 6.37. The fraction of sp³-hybridized carbons (Fsp3) is 0.167. The summed E-state index contributed by atoms with van der Waals surface area (Å²) in [4.78, 5) is 18.0. The van der Waals surface area contributed by atoms with E-state index in [1.807, 2.05) is 32.3 Å². The van der Waals surface area contributed by atoms with Gasteiger partial charge in [0.05, 0.1) is 12.0 Å². The number of hydrogen-bond donors (Lipinski definition) is 0. The van der Waals surface area contributed by atoms with E-state index in [0.29, 0.717) is 0 Å². The van der Waals surface area contributed by atoms with Gasteiger partial charge < -0.3 is 4.57 Å². The van der Waals surface area contributed by atoms with Crippen LogP contribution in [0.25, 0.3) is 17.3 Å². The van der Waals surface area contributed by atoms with E-state index in [4.69, 9.17) is 4.98 Å². The molecule has 39 heavy (non-hydrogen) atoms. The van der Waals surface area contributed by atoms with Crippen molar-refractivity contribution in [2.45, 2.75) is 32.2 Å². The molecule has 1 aromatic heterocycles. The van der Waals surface area contributed by atoms with Crippen LogP contribution in [0.2, 0.25) is 0 Å². The number of ketones is 1. The second-order valence-corrected chi connectivity index (χ2v) is 10.9. The highest BCUT2D eigenvalue weighted by atomic mass is 16.1. The molecule has 1 saturated carbocycles. The summed E-state index contributed by atoms with van der Waals surface area (Å²) < 4.78 is 2.23. The van der Waals surface area contributed by atoms with Gasteiger partial charge in [0.2, 0.25) is 0 Å². The second kappa shape index (κ2) is 9.99. The van der Waals surface area contributed by atoms with Gasteiger partial charge in [0, 0.05) is 17.2 Å². The van der Waals surface area contributed by atoms with Crippen molar-refractivity contribution >= 4 is 11.9 Å². The highest BCUT2D eigenvalue weighted by Crippen LogP contribution is 2.42. The lowest BCUT2D eigenvalue weighted by Crippen LogP contribution is -2.36. The Morgan fingerprint density at radius 1 is 0.744 bits per heavy atom. The average molecular weight is 509 g/mol. The molecule has 0 saturated heterocycles. The van der Waals surface area contributed by atoms with Crippen LogP contribution in [0.1, 0.15) is 48.9 Å². The third-order valence-corrected chi connectivity index (χ3v) is 8.04. The first-order valence-corrected chi connectivity index (χ1v) is 13.6. The zero-order valence-electron chi connectivity index (χ0n) is 22.4. The van der Waals surface area contributed by atoms with Crippen molar-refractivity contribution in [2.24, 2.45) is 5.41 Å². The van der Waals surface area contributed by atoms with Crippen molar-refractivity contribution in [3.05, 3.63) is 156 Å². The predicted molar refractivity (Wildman–Crippen MR) is 158 cm³/mol. The van der Waals surface area contributed by atoms with Crippen LogP contribution in [0.3, 0.4) is 0 Å². The number of allylic oxidation sites excluding steroid dienone is 1. The number of benzene rings is 4. The first-order chi connectivity index (χ1) is 19.0. The molecule has 1 aliphatic carbocycles. The minimum atomic E-state index is -0.617. The molecule has 192 valence electrons. The van der Waals surface area contributed by atoms with Gasteiger partial charge in [0.15, 0.2) is 5.78 Å². The van der Waals surface area contributed by atoms with Crippen molar-refractivity contribution in [3.8, 4) is 11.3 Å². The molecule has 0 bridgehead atoms. The number of imidazole rings is 1. The minimum Gasteiger partial charge on any atom is -0.318 e. The van der Waals surface area contributed by atoms with E-state index in [0.717, 1.165) is 51.9 Å². The lowest BCUT2D eigenvalue weighted by Gasteiger charge is -2.37. The molecule has 1 heterocycles. The van der Waals surface area contributed by atoms with Crippen LogP contribution in [-0.2, 0) is 10.3 Å². The molecule has 3 heteroatoms. The summed E-state index contributed by atoms with van der Waals surface area (Å²) in [5.74, 6) is 0.249. The summed E-state index contributed by atoms with van der Waals surface area (Å²) in [7, 11) is 0. The first kappa shape index (κ1) is 24.8. The molecule has 0 unspecified atom stereocenters. The van der Waals surface area contributed by atoms with Crippen molar-refractivity contribution in [1.82, 2.24) is 9.55 Å². The number of carbonyl (C=O) groups excluding carboxylic acids is 1. The van der Waals surface area contributed by atoms with E-state index >= 15 is 0 Å². The summed E-state index contributed by atoms with van der Waals surface area (Å²) in [6.45, 7) is 4.08. The minimum absolute atomic E-state index is 0.249. The number of nitrogens with zero attached hydrogens (tertiary/aromatic N) is 2. The summed E-state index contributed by atoms with van der Waals surface area (Å²) in [5, 5.41) is 0. The van der Waals surface area contributed by atoms with Gasteiger partial charge in [-0.05, 0) is 46.7 Å². The summed E-state index contributed by atoms with van der Waals surface area (Å²) in [6, 6.07) is 40.1. The quantitative estimate of drug-likeness (QED) is 0.171. The van der Waals surface area contributed by atoms with Crippen LogP contribution in [-0.4, -0.2) is 15.3 Å². The van der Waals surface area contributed by atoms with Crippen molar-refractivity contribution in [2.75, 3.05) is 0 Å². The highest BCUT2D eigenvalue weighted by Gasteiger charge is 2.39. The lowest BCUT2D eigenvalue weighted by atomic mass is 9.77. The zero-order valence-corrected chi connectivity index (χ0v) is 22.4. The number of carbonyl (C=O) groups is 1. The Labute approximate surface area is 230 Å². The topological polar surface area (TPSA) is 34.9 Å². The SMILES string of the molecule is CC1(C)CC/C(=C\c2ccccc2-c2cn(C(c3ccccc3)(c3ccccc3)c3ccccc3)cn2)C1=O. The van der Waals surface area contributed by atoms with Gasteiger partial charge in [-0.15, -0.1) is 0 Å². The van der Waals surface area contributed by atoms with Crippen LogP contribution in [0.5, 0.6) is 0 Å². The lowest BCUT2D eigenvalue weighted by molar-refractivity contribution is -0.121. The maximum atomic E-state index is 13.0. The third kappa shape index (κ3) is 4.34. The van der Waals surface area contributed by atoms with Gasteiger partial charge in [-0.3, -0.25) is 4.79 Å². The van der Waals surface area contributed by atoms with Gasteiger partial charge in [0.1, 0.15) is 5.54 Å². The van der Waals surface area contributed by atoms with Gasteiger partial charge in [-0.1, -0.05) is 129 Å². The Kier molecular flexibility index (Phi) is 6.36. The van der Waals surface area contributed by atoms with Crippen molar-refractivity contribution < 1.29 is 4.79 Å². The molecule has 0 atom stereocenters. The molecule has 1 aliphatic rings. The molecular weight excluding hydrogens is 476 g/mol. The van der Waals surface area contributed by atoms with E-state index in [1.54, 1.807) is 0 Å². The largest absolute Gasteiger partial charge is 0.318 e. The molecule has 4 aromatic carbocycles. The summed E-state index contributed by atoms with van der Waals surface area (Å²) >= 11 is 0. The third-order valence-electron chi connectivity index (χ3n) is 8.04. The smallest absolute Gasteiger partial charge is 0.164 e. The van der Waals surface area contributed by atoms with E-state index in [9.17, 15) is 4.79 Å². The molecule has 1 fully saturated rings. The van der Waals surface area contributed by atoms with Crippen LogP contribution >= 0.6 is 0 Å². The average Bonchev–Trinajstić information content (AvgIpc) is 3.56. The Bertz CT molecular complexity index is 1530. The molecule has 6 rings (SSSR count). The van der Waals surface area contributed by atoms with Crippen LogP contribution in [0.15, 0.2) is 133 Å². The highest BCUT2D eigenvalue weighted by molar-refractivity contribution is 6.05. The van der Waals surface area contributed by atoms with Gasteiger partial charge in [-0.25, -0.2) is 4.98 Å². The monoisotopic (exact) mass is 508 g/mol. The van der Waals surface area contributed by atoms with E-state index in [-0.39, 0.29) is 11.2 Å². The van der Waals surface area contributed by atoms with Crippen molar-refractivity contribution in [3.63, 3.8) is 0 Å². The number of aromatic nitrogens is 2. The Hall–Kier alpha value is -4.50. The normalized spacial score (nSPS) is 16.1. The fourth-order valence-electron chi connectivity index (χ4n) is 5.92. The molecule has 0 spiro atoms. The molecule has 0 radical (unpaired) electrons. The predicted octanol–water partition coefficient (Wildman–Crippen LogP) is 8.16. The number of Topliss-reactive ketones (excluding diaryl/α,β-unsaturated/α-hetero) is 1. The summed E-state index contributed by atoms with van der Waals surface area (Å²) in [6.07, 6.45) is 7.86. The van der Waals surface area contributed by atoms with Gasteiger partial charge in [0.25, 0.3) is 0 Å². The Morgan fingerprint density at radius 3 is 1.77 bits per heavy atom. The number of hydrogen-bond acceptors (Lipinski definition) is 2. The van der Waals surface area contributed by atoms with Crippen LogP contribution < -0.4 is 0 Å². The van der Waals surface area contributed by atoms with Crippen LogP contribution in [0, 0.1) is 5.41 Å². The Balaban J connectivity index is 1.54. The fourth-order valence-corrected chi connectivity index (χ4v) is 5.92. The first-order valence-electron chi connectivity index (χ1n) is 13.6. The van der Waals surface area contributed by atoms with Crippen molar-refractivity contribution in [1.29, 1.82) is 0 Å². The number of rotatable bonds is 6. The molecular formula is C36H32N2O.